The molecule has 2 aromatic heterocycles. The topological polar surface area (TPSA) is 98.9 Å². The monoisotopic (exact) mass is 534 g/mol. The zero-order chi connectivity index (χ0) is 25.6. The molecular weight excluding hydrogens is 505 g/mol. The minimum atomic E-state index is -4.51. The van der Waals surface area contributed by atoms with E-state index in [-0.39, 0.29) is 45.7 Å². The van der Waals surface area contributed by atoms with E-state index >= 15 is 0 Å². The zero-order valence-corrected chi connectivity index (χ0v) is 21.0. The van der Waals surface area contributed by atoms with Crippen LogP contribution in [0.4, 0.5) is 13.2 Å². The van der Waals surface area contributed by atoms with Crippen molar-refractivity contribution in [2.45, 2.75) is 60.9 Å². The molecule has 3 N–H and O–H groups in total. The first-order valence-corrected chi connectivity index (χ1v) is 13.6. The maximum absolute atomic E-state index is 13.4. The molecule has 37 heavy (non-hydrogen) atoms. The molecule has 1 amide bonds. The number of ether oxygens (including phenoxy) is 1. The number of hydrogen-bond acceptors (Lipinski definition) is 6. The highest BCUT2D eigenvalue weighted by molar-refractivity contribution is 8.00. The van der Waals surface area contributed by atoms with Crippen molar-refractivity contribution in [3.8, 4) is 0 Å². The lowest BCUT2D eigenvalue weighted by molar-refractivity contribution is -0.136. The van der Waals surface area contributed by atoms with Gasteiger partial charge in [0.2, 0.25) is 5.91 Å². The van der Waals surface area contributed by atoms with Gasteiger partial charge in [0, 0.05) is 48.5 Å². The lowest BCUT2D eigenvalue weighted by Gasteiger charge is -2.31. The summed E-state index contributed by atoms with van der Waals surface area (Å²) < 4.78 is 45.7. The van der Waals surface area contributed by atoms with E-state index < -0.39 is 11.7 Å². The normalized spacial score (nSPS) is 25.1. The predicted octanol–water partition coefficient (Wildman–Crippen LogP) is 3.62. The molecule has 4 heterocycles. The lowest BCUT2D eigenvalue weighted by atomic mass is 10.1. The second-order valence-corrected chi connectivity index (χ2v) is 11.4. The van der Waals surface area contributed by atoms with Gasteiger partial charge in [-0.25, -0.2) is 9.97 Å². The van der Waals surface area contributed by atoms with Crippen molar-refractivity contribution in [1.82, 2.24) is 30.2 Å². The van der Waals surface area contributed by atoms with Gasteiger partial charge in [-0.05, 0) is 37.8 Å². The van der Waals surface area contributed by atoms with Crippen LogP contribution in [0, 0.1) is 0 Å². The number of H-pyrrole nitrogens is 2. The first-order chi connectivity index (χ1) is 17.8. The number of para-hydroxylation sites is 1. The predicted molar refractivity (Wildman–Crippen MR) is 133 cm³/mol. The van der Waals surface area contributed by atoms with Crippen LogP contribution in [-0.2, 0) is 28.5 Å². The second kappa shape index (κ2) is 9.95. The molecular formula is C25H29F3N6O2S. The molecule has 2 unspecified atom stereocenters. The van der Waals surface area contributed by atoms with Crippen molar-refractivity contribution in [2.75, 3.05) is 26.3 Å². The Balaban J connectivity index is 1.16. The fraction of sp³-hybridized carbons (Fsp3) is 0.560. The molecule has 0 bridgehead atoms. The Labute approximate surface area is 216 Å². The van der Waals surface area contributed by atoms with Gasteiger partial charge in [0.25, 0.3) is 0 Å². The smallest absolute Gasteiger partial charge is 0.381 e. The minimum absolute atomic E-state index is 0.0709. The molecule has 0 saturated carbocycles. The first-order valence-electron chi connectivity index (χ1n) is 12.7. The van der Waals surface area contributed by atoms with Crippen LogP contribution in [0.2, 0.25) is 0 Å². The maximum Gasteiger partial charge on any atom is 0.418 e. The maximum atomic E-state index is 13.4. The number of hydrogen-bond donors (Lipinski definition) is 3. The fourth-order valence-electron chi connectivity index (χ4n) is 5.80. The highest BCUT2D eigenvalue weighted by Gasteiger charge is 2.41. The number of halogens is 3. The van der Waals surface area contributed by atoms with Gasteiger partial charge in [-0.15, -0.1) is 11.8 Å². The first kappa shape index (κ1) is 24.7. The van der Waals surface area contributed by atoms with Crippen LogP contribution in [0.25, 0.3) is 11.0 Å². The quantitative estimate of drug-likeness (QED) is 0.447. The van der Waals surface area contributed by atoms with Crippen molar-refractivity contribution in [2.24, 2.45) is 0 Å². The third-order valence-electron chi connectivity index (χ3n) is 7.60. The number of aromatic amines is 2. The number of fused-ring (bicyclic) bond motifs is 2. The van der Waals surface area contributed by atoms with Gasteiger partial charge in [0.15, 0.2) is 0 Å². The number of carbonyl (C=O) groups excluding carboxylic acids is 1. The van der Waals surface area contributed by atoms with E-state index in [1.54, 1.807) is 12.4 Å². The standard InChI is InChI=1S/C25H29F3N6O2S/c26-25(27,28)15-2-1-3-17-23(15)33-21(31-17)10-22(35)32-18-11-34(14-6-8-36-9-7-14)12-20(18)37-19-5-4-16-24(19)30-13-29-16/h1-3,13-14,18-20H,4-12H2,(H,29,30)(H,31,33)(H,32,35)/t18?,19?,20-/m0/s1. The molecule has 3 atom stereocenters. The number of nitrogens with one attached hydrogen (secondary N) is 3. The number of likely N-dealkylation sites (tertiary alicyclic amines) is 1. The van der Waals surface area contributed by atoms with E-state index in [0.717, 1.165) is 63.7 Å². The van der Waals surface area contributed by atoms with Gasteiger partial charge in [-0.2, -0.15) is 13.2 Å². The summed E-state index contributed by atoms with van der Waals surface area (Å²) in [6.07, 6.45) is 1.09. The SMILES string of the molecule is O=C(Cc1nc2c(C(F)(F)F)cccc2[nH]1)NC1CN(C2CCOCC2)C[C@@H]1SC1CCc2[nH]cnc21. The van der Waals surface area contributed by atoms with E-state index in [1.807, 2.05) is 11.8 Å². The Hall–Kier alpha value is -2.57. The molecule has 1 aliphatic carbocycles. The summed E-state index contributed by atoms with van der Waals surface area (Å²) in [6.45, 7) is 3.12. The van der Waals surface area contributed by atoms with Crippen molar-refractivity contribution in [3.63, 3.8) is 0 Å². The lowest BCUT2D eigenvalue weighted by Crippen LogP contribution is -2.44. The summed E-state index contributed by atoms with van der Waals surface area (Å²) in [5.74, 6) is -0.0198. The number of rotatable bonds is 6. The Kier molecular flexibility index (Phi) is 6.66. The Morgan fingerprint density at radius 3 is 2.86 bits per heavy atom. The Morgan fingerprint density at radius 1 is 1.22 bits per heavy atom. The van der Waals surface area contributed by atoms with Crippen molar-refractivity contribution < 1.29 is 22.7 Å². The van der Waals surface area contributed by atoms with E-state index in [4.69, 9.17) is 4.74 Å². The average Bonchev–Trinajstić information content (AvgIpc) is 3.64. The van der Waals surface area contributed by atoms with Gasteiger partial charge < -0.3 is 20.0 Å². The van der Waals surface area contributed by atoms with Crippen LogP contribution in [0.15, 0.2) is 24.5 Å². The van der Waals surface area contributed by atoms with Crippen LogP contribution in [0.1, 0.15) is 47.3 Å². The van der Waals surface area contributed by atoms with E-state index in [0.29, 0.717) is 6.04 Å². The van der Waals surface area contributed by atoms with Crippen LogP contribution in [0.5, 0.6) is 0 Å². The highest BCUT2D eigenvalue weighted by atomic mass is 32.2. The summed E-state index contributed by atoms with van der Waals surface area (Å²) in [6, 6.07) is 4.25. The number of aryl methyl sites for hydroxylation is 1. The summed E-state index contributed by atoms with van der Waals surface area (Å²) in [5, 5.41) is 3.66. The largest absolute Gasteiger partial charge is 0.418 e. The highest BCUT2D eigenvalue weighted by Crippen LogP contribution is 2.44. The summed E-state index contributed by atoms with van der Waals surface area (Å²) in [7, 11) is 0. The molecule has 1 aromatic carbocycles. The Morgan fingerprint density at radius 2 is 2.05 bits per heavy atom. The van der Waals surface area contributed by atoms with Crippen molar-refractivity contribution >= 4 is 28.7 Å². The van der Waals surface area contributed by atoms with Gasteiger partial charge >= 0.3 is 6.18 Å². The number of carbonyl (C=O) groups is 1. The van der Waals surface area contributed by atoms with Crippen LogP contribution >= 0.6 is 11.8 Å². The van der Waals surface area contributed by atoms with Gasteiger partial charge in [0.05, 0.1) is 35.6 Å². The number of benzene rings is 1. The molecule has 12 heteroatoms. The fourth-order valence-corrected chi connectivity index (χ4v) is 7.43. The molecule has 6 rings (SSSR count). The molecule has 0 spiro atoms. The molecule has 2 saturated heterocycles. The molecule has 3 aromatic rings. The number of nitrogens with zero attached hydrogens (tertiary/aromatic N) is 3. The van der Waals surface area contributed by atoms with E-state index in [1.165, 1.54) is 11.8 Å². The Bertz CT molecular complexity index is 1270. The van der Waals surface area contributed by atoms with Crippen molar-refractivity contribution in [1.29, 1.82) is 0 Å². The van der Waals surface area contributed by atoms with Crippen LogP contribution in [0.3, 0.4) is 0 Å². The molecule has 0 radical (unpaired) electrons. The molecule has 8 nitrogen and oxygen atoms in total. The molecule has 3 aliphatic rings. The number of imidazole rings is 2. The molecule has 198 valence electrons. The van der Waals surface area contributed by atoms with Gasteiger partial charge in [-0.3, -0.25) is 9.69 Å². The van der Waals surface area contributed by atoms with E-state index in [9.17, 15) is 18.0 Å². The second-order valence-electron chi connectivity index (χ2n) is 10.00. The summed E-state index contributed by atoms with van der Waals surface area (Å²) in [4.78, 5) is 30.3. The summed E-state index contributed by atoms with van der Waals surface area (Å²) in [5.41, 5.74) is 1.62. The molecule has 2 fully saturated rings. The number of thioether (sulfide) groups is 1. The van der Waals surface area contributed by atoms with Gasteiger partial charge in [-0.1, -0.05) is 6.07 Å². The van der Waals surface area contributed by atoms with Crippen LogP contribution in [-0.4, -0.2) is 74.4 Å². The third kappa shape index (κ3) is 5.10. The van der Waals surface area contributed by atoms with Gasteiger partial charge in [0.1, 0.15) is 11.3 Å². The zero-order valence-electron chi connectivity index (χ0n) is 20.2. The van der Waals surface area contributed by atoms with E-state index in [2.05, 4.69) is 30.2 Å². The minimum Gasteiger partial charge on any atom is -0.381 e. The number of amides is 1. The average molecular weight is 535 g/mol. The van der Waals surface area contributed by atoms with Crippen molar-refractivity contribution in [3.05, 3.63) is 47.3 Å². The number of alkyl halides is 3. The van der Waals surface area contributed by atoms with Crippen LogP contribution < -0.4 is 5.32 Å². The summed E-state index contributed by atoms with van der Waals surface area (Å²) >= 11 is 1.88. The third-order valence-corrected chi connectivity index (χ3v) is 9.21. The number of aromatic nitrogens is 4. The molecule has 2 aliphatic heterocycles.